The molecule has 0 saturated carbocycles. The first-order chi connectivity index (χ1) is 9.43. The molecule has 1 aliphatic rings. The molecule has 114 valence electrons. The van der Waals surface area contributed by atoms with Gasteiger partial charge in [-0.3, -0.25) is 4.90 Å². The lowest BCUT2D eigenvalue weighted by atomic mass is 10.4. The van der Waals surface area contributed by atoms with Gasteiger partial charge in [-0.1, -0.05) is 0 Å². The molecular formula is C12H25NO6. The smallest absolute Gasteiger partial charge is 0.180 e. The summed E-state index contributed by atoms with van der Waals surface area (Å²) in [6.45, 7) is 7.51. The number of morpholine rings is 1. The van der Waals surface area contributed by atoms with Crippen LogP contribution in [0.1, 0.15) is 0 Å². The van der Waals surface area contributed by atoms with E-state index < -0.39 is 0 Å². The molecule has 1 rings (SSSR count). The highest BCUT2D eigenvalue weighted by atomic mass is 17.2. The average molecular weight is 279 g/mol. The molecule has 0 atom stereocenters. The molecule has 1 aliphatic heterocycles. The predicted octanol–water partition coefficient (Wildman–Crippen LogP) is -0.0961. The van der Waals surface area contributed by atoms with Crippen molar-refractivity contribution in [1.29, 1.82) is 0 Å². The van der Waals surface area contributed by atoms with Gasteiger partial charge in [0.2, 0.25) is 0 Å². The van der Waals surface area contributed by atoms with Crippen LogP contribution < -0.4 is 0 Å². The minimum Gasteiger partial charge on any atom is -0.379 e. The molecule has 7 nitrogen and oxygen atoms in total. The third kappa shape index (κ3) is 10.2. The monoisotopic (exact) mass is 279 g/mol. The molecule has 0 bridgehead atoms. The Balaban J connectivity index is 1.71. The number of ether oxygens (including phenoxy) is 4. The van der Waals surface area contributed by atoms with Crippen LogP contribution >= 0.6 is 0 Å². The predicted molar refractivity (Wildman–Crippen MR) is 67.8 cm³/mol. The van der Waals surface area contributed by atoms with E-state index in [0.29, 0.717) is 26.4 Å². The third-order valence-corrected chi connectivity index (χ3v) is 2.59. The number of hydrogen-bond acceptors (Lipinski definition) is 7. The van der Waals surface area contributed by atoms with Gasteiger partial charge in [-0.05, 0) is 0 Å². The van der Waals surface area contributed by atoms with E-state index in [1.54, 1.807) is 0 Å². The van der Waals surface area contributed by atoms with E-state index in [1.807, 2.05) is 0 Å². The standard InChI is InChI=1S/C12H25NO6/c1-14-12-19-18-11-10-17-9-8-16-7-4-13-2-5-15-6-3-13/h2-12H2,1H3. The summed E-state index contributed by atoms with van der Waals surface area (Å²) in [5, 5.41) is 0. The summed E-state index contributed by atoms with van der Waals surface area (Å²) in [4.78, 5) is 11.8. The Morgan fingerprint density at radius 3 is 2.32 bits per heavy atom. The Hall–Kier alpha value is -0.280. The summed E-state index contributed by atoms with van der Waals surface area (Å²) in [7, 11) is 1.54. The summed E-state index contributed by atoms with van der Waals surface area (Å²) in [6.07, 6.45) is 0. The molecular weight excluding hydrogens is 254 g/mol. The van der Waals surface area contributed by atoms with Crippen LogP contribution in [0.2, 0.25) is 0 Å². The minimum absolute atomic E-state index is 0.130. The van der Waals surface area contributed by atoms with Crippen LogP contribution in [0.5, 0.6) is 0 Å². The first kappa shape index (κ1) is 16.8. The van der Waals surface area contributed by atoms with Gasteiger partial charge in [-0.25, -0.2) is 9.78 Å². The Bertz CT molecular complexity index is 189. The molecule has 0 aliphatic carbocycles. The van der Waals surface area contributed by atoms with Gasteiger partial charge in [0.1, 0.15) is 6.61 Å². The normalized spacial score (nSPS) is 16.9. The van der Waals surface area contributed by atoms with Gasteiger partial charge in [0.05, 0.1) is 39.6 Å². The Kier molecular flexibility index (Phi) is 11.2. The molecule has 0 aromatic carbocycles. The van der Waals surface area contributed by atoms with Crippen molar-refractivity contribution >= 4 is 0 Å². The molecule has 7 heteroatoms. The van der Waals surface area contributed by atoms with E-state index in [4.69, 9.17) is 19.1 Å². The third-order valence-electron chi connectivity index (χ3n) is 2.59. The van der Waals surface area contributed by atoms with E-state index in [-0.39, 0.29) is 6.79 Å². The maximum atomic E-state index is 5.48. The van der Waals surface area contributed by atoms with Crippen LogP contribution in [0, 0.1) is 0 Å². The first-order valence-electron chi connectivity index (χ1n) is 6.62. The highest BCUT2D eigenvalue weighted by molar-refractivity contribution is 4.60. The van der Waals surface area contributed by atoms with E-state index in [9.17, 15) is 0 Å². The van der Waals surface area contributed by atoms with Crippen molar-refractivity contribution in [2.75, 3.05) is 79.8 Å². The van der Waals surface area contributed by atoms with Crippen LogP contribution in [-0.2, 0) is 28.7 Å². The molecule has 0 aromatic rings. The minimum atomic E-state index is 0.130. The van der Waals surface area contributed by atoms with Gasteiger partial charge >= 0.3 is 0 Å². The molecule has 0 aromatic heterocycles. The lowest BCUT2D eigenvalue weighted by Crippen LogP contribution is -2.38. The fraction of sp³-hybridized carbons (Fsp3) is 1.00. The second-order valence-corrected chi connectivity index (χ2v) is 4.03. The second-order valence-electron chi connectivity index (χ2n) is 4.03. The summed E-state index contributed by atoms with van der Waals surface area (Å²) < 4.78 is 20.7. The molecule has 19 heavy (non-hydrogen) atoms. The van der Waals surface area contributed by atoms with Crippen molar-refractivity contribution in [2.24, 2.45) is 0 Å². The SMILES string of the molecule is COCOOCCOCCOCCN1CCOCC1. The molecule has 0 unspecified atom stereocenters. The number of nitrogens with zero attached hydrogens (tertiary/aromatic N) is 1. The largest absolute Gasteiger partial charge is 0.379 e. The highest BCUT2D eigenvalue weighted by Crippen LogP contribution is 1.95. The maximum Gasteiger partial charge on any atom is 0.180 e. The average Bonchev–Trinajstić information content (AvgIpc) is 2.46. The quantitative estimate of drug-likeness (QED) is 0.214. The van der Waals surface area contributed by atoms with Crippen molar-refractivity contribution in [1.82, 2.24) is 4.90 Å². The number of methoxy groups -OCH3 is 1. The van der Waals surface area contributed by atoms with Crippen LogP contribution in [0.25, 0.3) is 0 Å². The zero-order valence-corrected chi connectivity index (χ0v) is 11.7. The summed E-state index contributed by atoms with van der Waals surface area (Å²) >= 11 is 0. The molecule has 0 radical (unpaired) electrons. The molecule has 1 saturated heterocycles. The Morgan fingerprint density at radius 2 is 1.58 bits per heavy atom. The Morgan fingerprint density at radius 1 is 0.895 bits per heavy atom. The topological polar surface area (TPSA) is 58.6 Å². The van der Waals surface area contributed by atoms with Gasteiger partial charge in [-0.15, -0.1) is 0 Å². The lowest BCUT2D eigenvalue weighted by Gasteiger charge is -2.26. The van der Waals surface area contributed by atoms with Crippen LogP contribution in [0.4, 0.5) is 0 Å². The van der Waals surface area contributed by atoms with Crippen molar-refractivity contribution in [3.63, 3.8) is 0 Å². The zero-order valence-electron chi connectivity index (χ0n) is 11.7. The highest BCUT2D eigenvalue weighted by Gasteiger charge is 2.08. The van der Waals surface area contributed by atoms with Crippen LogP contribution in [0.3, 0.4) is 0 Å². The Labute approximate surface area is 114 Å². The van der Waals surface area contributed by atoms with Gasteiger partial charge in [0.15, 0.2) is 6.79 Å². The van der Waals surface area contributed by atoms with Crippen LogP contribution in [0.15, 0.2) is 0 Å². The second kappa shape index (κ2) is 12.7. The van der Waals surface area contributed by atoms with Crippen molar-refractivity contribution < 1.29 is 28.7 Å². The lowest BCUT2D eigenvalue weighted by molar-refractivity contribution is -0.336. The first-order valence-corrected chi connectivity index (χ1v) is 6.62. The van der Waals surface area contributed by atoms with Crippen molar-refractivity contribution in [2.45, 2.75) is 0 Å². The molecule has 0 N–H and O–H groups in total. The number of rotatable bonds is 12. The molecule has 0 amide bonds. The summed E-state index contributed by atoms with van der Waals surface area (Å²) in [5.41, 5.74) is 0. The zero-order chi connectivity index (χ0) is 13.6. The maximum absolute atomic E-state index is 5.48. The summed E-state index contributed by atoms with van der Waals surface area (Å²) in [6, 6.07) is 0. The van der Waals surface area contributed by atoms with Crippen molar-refractivity contribution in [3.8, 4) is 0 Å². The van der Waals surface area contributed by atoms with Crippen molar-refractivity contribution in [3.05, 3.63) is 0 Å². The van der Waals surface area contributed by atoms with Gasteiger partial charge in [0, 0.05) is 26.7 Å². The molecule has 1 heterocycles. The molecule has 0 spiro atoms. The van der Waals surface area contributed by atoms with E-state index in [1.165, 1.54) is 7.11 Å². The van der Waals surface area contributed by atoms with E-state index in [0.717, 1.165) is 39.5 Å². The van der Waals surface area contributed by atoms with E-state index >= 15 is 0 Å². The van der Waals surface area contributed by atoms with E-state index in [2.05, 4.69) is 14.5 Å². The fourth-order valence-electron chi connectivity index (χ4n) is 1.57. The van der Waals surface area contributed by atoms with Crippen LogP contribution in [-0.4, -0.2) is 84.7 Å². The molecule has 1 fully saturated rings. The summed E-state index contributed by atoms with van der Waals surface area (Å²) in [5.74, 6) is 0. The van der Waals surface area contributed by atoms with Gasteiger partial charge in [0.25, 0.3) is 0 Å². The van der Waals surface area contributed by atoms with Gasteiger partial charge in [-0.2, -0.15) is 0 Å². The fourth-order valence-corrected chi connectivity index (χ4v) is 1.57. The number of hydrogen-bond donors (Lipinski definition) is 0. The van der Waals surface area contributed by atoms with Gasteiger partial charge < -0.3 is 18.9 Å².